The predicted molar refractivity (Wildman–Crippen MR) is 42.8 cm³/mol. The van der Waals surface area contributed by atoms with E-state index in [-0.39, 0.29) is 0 Å². The Hall–Kier alpha value is 0.650. The highest BCUT2D eigenvalue weighted by Gasteiger charge is 2.12. The van der Waals surface area contributed by atoms with Gasteiger partial charge in [-0.2, -0.15) is 0 Å². The molecule has 8 heavy (non-hydrogen) atoms. The van der Waals surface area contributed by atoms with Crippen molar-refractivity contribution in [3.63, 3.8) is 0 Å². The zero-order chi connectivity index (χ0) is 5.98. The molecular weight excluding hydrogens is 215 g/mol. The van der Waals surface area contributed by atoms with Crippen molar-refractivity contribution in [2.45, 2.75) is 18.9 Å². The summed E-state index contributed by atoms with van der Waals surface area (Å²) in [6.45, 7) is 2.34. The van der Waals surface area contributed by atoms with E-state index in [1.165, 1.54) is 25.9 Å². The zero-order valence-electron chi connectivity index (χ0n) is 4.81. The fraction of sp³-hybridized carbons (Fsp3) is 1.00. The molecule has 1 fully saturated rings. The number of halogens is 1. The molecule has 48 valence electrons. The van der Waals surface area contributed by atoms with Gasteiger partial charge in [0.05, 0.1) is 0 Å². The second-order valence-electron chi connectivity index (χ2n) is 2.25. The van der Waals surface area contributed by atoms with Gasteiger partial charge >= 0.3 is 0 Å². The van der Waals surface area contributed by atoms with Crippen LogP contribution < -0.4 is 5.73 Å². The quantitative estimate of drug-likeness (QED) is 0.488. The van der Waals surface area contributed by atoms with Gasteiger partial charge in [-0.25, -0.2) is 3.11 Å². The van der Waals surface area contributed by atoms with Gasteiger partial charge < -0.3 is 5.73 Å². The lowest BCUT2D eigenvalue weighted by molar-refractivity contribution is 0.368. The van der Waals surface area contributed by atoms with Gasteiger partial charge in [-0.05, 0) is 12.8 Å². The van der Waals surface area contributed by atoms with Gasteiger partial charge in [-0.3, -0.25) is 0 Å². The number of piperidine rings is 1. The number of hydrogen-bond donors (Lipinski definition) is 1. The summed E-state index contributed by atoms with van der Waals surface area (Å²) < 4.78 is 2.29. The summed E-state index contributed by atoms with van der Waals surface area (Å²) in [6.07, 6.45) is 2.34. The molecule has 0 saturated carbocycles. The highest BCUT2D eigenvalue weighted by molar-refractivity contribution is 14.1. The van der Waals surface area contributed by atoms with Crippen molar-refractivity contribution in [1.82, 2.24) is 3.11 Å². The van der Waals surface area contributed by atoms with Gasteiger partial charge in [-0.1, -0.05) is 0 Å². The molecule has 0 amide bonds. The second kappa shape index (κ2) is 2.98. The maximum Gasteiger partial charge on any atom is 0.0201 e. The number of hydrogen-bond acceptors (Lipinski definition) is 2. The molecule has 0 aromatic rings. The predicted octanol–water partition coefficient (Wildman–Crippen LogP) is 0.759. The van der Waals surface area contributed by atoms with Crippen LogP contribution in [0, 0.1) is 0 Å². The highest BCUT2D eigenvalue weighted by Crippen LogP contribution is 2.11. The number of rotatable bonds is 0. The third-order valence-electron chi connectivity index (χ3n) is 1.49. The molecule has 1 aliphatic rings. The van der Waals surface area contributed by atoms with E-state index in [0.29, 0.717) is 6.04 Å². The first-order chi connectivity index (χ1) is 3.79. The lowest BCUT2D eigenvalue weighted by Crippen LogP contribution is -2.34. The average Bonchev–Trinajstić information content (AvgIpc) is 1.77. The third kappa shape index (κ3) is 1.87. The summed E-state index contributed by atoms with van der Waals surface area (Å²) in [7, 11) is 0. The van der Waals surface area contributed by atoms with Crippen molar-refractivity contribution in [3.05, 3.63) is 0 Å². The molecule has 2 nitrogen and oxygen atoms in total. The van der Waals surface area contributed by atoms with Gasteiger partial charge in [0, 0.05) is 42.0 Å². The van der Waals surface area contributed by atoms with Crippen LogP contribution in [-0.2, 0) is 0 Å². The van der Waals surface area contributed by atoms with Crippen molar-refractivity contribution in [1.29, 1.82) is 0 Å². The summed E-state index contributed by atoms with van der Waals surface area (Å²) in [5, 5.41) is 0. The van der Waals surface area contributed by atoms with E-state index >= 15 is 0 Å². The fourth-order valence-electron chi connectivity index (χ4n) is 0.868. The van der Waals surface area contributed by atoms with Crippen LogP contribution in [0.5, 0.6) is 0 Å². The maximum absolute atomic E-state index is 5.67. The van der Waals surface area contributed by atoms with Crippen LogP contribution in [-0.4, -0.2) is 22.2 Å². The molecule has 2 N–H and O–H groups in total. The Morgan fingerprint density at radius 1 is 1.38 bits per heavy atom. The Bertz CT molecular complexity index is 58.8. The molecule has 0 bridgehead atoms. The van der Waals surface area contributed by atoms with Gasteiger partial charge in [0.1, 0.15) is 0 Å². The summed E-state index contributed by atoms with van der Waals surface area (Å²) in [5.41, 5.74) is 5.67. The largest absolute Gasteiger partial charge is 0.328 e. The first-order valence-corrected chi connectivity index (χ1v) is 3.92. The fourth-order valence-corrected chi connectivity index (χ4v) is 1.43. The molecule has 0 unspecified atom stereocenters. The Morgan fingerprint density at radius 2 is 1.88 bits per heavy atom. The lowest BCUT2D eigenvalue weighted by Gasteiger charge is -2.24. The van der Waals surface area contributed by atoms with Crippen molar-refractivity contribution >= 4 is 22.9 Å². The molecular formula is C5H11IN2. The van der Waals surface area contributed by atoms with E-state index in [0.717, 1.165) is 0 Å². The molecule has 0 atom stereocenters. The first kappa shape index (κ1) is 6.77. The molecule has 1 aliphatic heterocycles. The Kier molecular flexibility index (Phi) is 2.52. The summed E-state index contributed by atoms with van der Waals surface area (Å²) in [4.78, 5) is 0. The molecule has 1 saturated heterocycles. The second-order valence-corrected chi connectivity index (χ2v) is 3.61. The lowest BCUT2D eigenvalue weighted by atomic mass is 10.1. The van der Waals surface area contributed by atoms with Crippen LogP contribution in [0.1, 0.15) is 12.8 Å². The molecule has 1 heterocycles. The maximum atomic E-state index is 5.67. The minimum atomic E-state index is 0.473. The molecule has 0 aromatic carbocycles. The van der Waals surface area contributed by atoms with Crippen LogP contribution >= 0.6 is 22.9 Å². The molecule has 0 aromatic heterocycles. The summed E-state index contributed by atoms with van der Waals surface area (Å²) in [5.74, 6) is 0. The standard InChI is InChI=1S/C5H11IN2/c6-8-3-1-5(7)2-4-8/h5H,1-4,7H2. The van der Waals surface area contributed by atoms with Crippen molar-refractivity contribution in [3.8, 4) is 0 Å². The minimum Gasteiger partial charge on any atom is -0.328 e. The van der Waals surface area contributed by atoms with E-state index in [1.807, 2.05) is 0 Å². The van der Waals surface area contributed by atoms with Crippen LogP contribution in [0.2, 0.25) is 0 Å². The van der Waals surface area contributed by atoms with Crippen molar-refractivity contribution in [2.24, 2.45) is 5.73 Å². The van der Waals surface area contributed by atoms with Crippen molar-refractivity contribution < 1.29 is 0 Å². The van der Waals surface area contributed by atoms with Gasteiger partial charge in [-0.15, -0.1) is 0 Å². The van der Waals surface area contributed by atoms with E-state index in [9.17, 15) is 0 Å². The van der Waals surface area contributed by atoms with Crippen LogP contribution in [0.15, 0.2) is 0 Å². The average molecular weight is 226 g/mol. The number of nitrogens with zero attached hydrogens (tertiary/aromatic N) is 1. The molecule has 0 radical (unpaired) electrons. The summed E-state index contributed by atoms with van der Waals surface area (Å²) in [6, 6.07) is 0.473. The first-order valence-electron chi connectivity index (χ1n) is 2.95. The van der Waals surface area contributed by atoms with Crippen LogP contribution in [0.3, 0.4) is 0 Å². The molecule has 3 heteroatoms. The van der Waals surface area contributed by atoms with Gasteiger partial charge in [0.2, 0.25) is 0 Å². The Morgan fingerprint density at radius 3 is 2.25 bits per heavy atom. The third-order valence-corrected chi connectivity index (χ3v) is 2.45. The Labute approximate surface area is 63.9 Å². The monoisotopic (exact) mass is 226 g/mol. The van der Waals surface area contributed by atoms with Crippen LogP contribution in [0.25, 0.3) is 0 Å². The van der Waals surface area contributed by atoms with Crippen LogP contribution in [0.4, 0.5) is 0 Å². The van der Waals surface area contributed by atoms with E-state index < -0.39 is 0 Å². The smallest absolute Gasteiger partial charge is 0.0201 e. The van der Waals surface area contributed by atoms with E-state index in [1.54, 1.807) is 0 Å². The molecule has 0 spiro atoms. The van der Waals surface area contributed by atoms with Gasteiger partial charge in [0.25, 0.3) is 0 Å². The van der Waals surface area contributed by atoms with E-state index in [2.05, 4.69) is 26.0 Å². The summed E-state index contributed by atoms with van der Waals surface area (Å²) >= 11 is 2.34. The molecule has 1 rings (SSSR count). The zero-order valence-corrected chi connectivity index (χ0v) is 6.97. The Balaban J connectivity index is 2.19. The van der Waals surface area contributed by atoms with Crippen molar-refractivity contribution in [2.75, 3.05) is 13.1 Å². The normalized spacial score (nSPS) is 26.2. The number of nitrogens with two attached hydrogens (primary N) is 1. The highest BCUT2D eigenvalue weighted by atomic mass is 127. The van der Waals surface area contributed by atoms with Gasteiger partial charge in [0.15, 0.2) is 0 Å². The SMILES string of the molecule is NC1CCN(I)CC1. The topological polar surface area (TPSA) is 29.3 Å². The molecule has 0 aliphatic carbocycles. The van der Waals surface area contributed by atoms with E-state index in [4.69, 9.17) is 5.73 Å². The minimum absolute atomic E-state index is 0.473.